The Balaban J connectivity index is 1.55. The predicted molar refractivity (Wildman–Crippen MR) is 108 cm³/mol. The third kappa shape index (κ3) is 3.25. The van der Waals surface area contributed by atoms with Crippen molar-refractivity contribution in [1.29, 1.82) is 0 Å². The molecule has 1 aromatic heterocycles. The van der Waals surface area contributed by atoms with Gasteiger partial charge in [0.2, 0.25) is 6.79 Å². The monoisotopic (exact) mass is 386 g/mol. The second-order valence-electron chi connectivity index (χ2n) is 6.60. The molecule has 29 heavy (non-hydrogen) atoms. The van der Waals surface area contributed by atoms with E-state index in [0.717, 1.165) is 10.9 Å². The Labute approximate surface area is 165 Å². The van der Waals surface area contributed by atoms with Crippen molar-refractivity contribution in [3.63, 3.8) is 0 Å². The summed E-state index contributed by atoms with van der Waals surface area (Å²) in [6, 6.07) is 20.4. The Kier molecular flexibility index (Phi) is 4.09. The van der Waals surface area contributed by atoms with Gasteiger partial charge >= 0.3 is 0 Å². The van der Waals surface area contributed by atoms with Crippen molar-refractivity contribution in [2.45, 2.75) is 0 Å². The molecule has 1 aliphatic rings. The van der Waals surface area contributed by atoms with Gasteiger partial charge in [0.25, 0.3) is 5.91 Å². The second kappa shape index (κ2) is 6.91. The van der Waals surface area contributed by atoms with Crippen LogP contribution in [0.5, 0.6) is 11.5 Å². The van der Waals surface area contributed by atoms with Crippen LogP contribution < -0.4 is 14.8 Å². The van der Waals surface area contributed by atoms with Gasteiger partial charge < -0.3 is 14.8 Å². The van der Waals surface area contributed by atoms with Crippen molar-refractivity contribution in [3.05, 3.63) is 84.2 Å². The first kappa shape index (κ1) is 17.2. The number of anilines is 1. The average molecular weight is 386 g/mol. The molecule has 3 aromatic carbocycles. The Hall–Kier alpha value is -3.93. The molecule has 5 nitrogen and oxygen atoms in total. The lowest BCUT2D eigenvalue weighted by molar-refractivity contribution is 0.102. The molecule has 142 valence electrons. The van der Waals surface area contributed by atoms with E-state index in [0.29, 0.717) is 34.0 Å². The lowest BCUT2D eigenvalue weighted by atomic mass is 10.0. The summed E-state index contributed by atoms with van der Waals surface area (Å²) in [7, 11) is 0. The van der Waals surface area contributed by atoms with Gasteiger partial charge in [-0.05, 0) is 48.5 Å². The fourth-order valence-electron chi connectivity index (χ4n) is 3.30. The molecule has 0 saturated carbocycles. The van der Waals surface area contributed by atoms with E-state index in [9.17, 15) is 9.18 Å². The molecule has 0 atom stereocenters. The zero-order chi connectivity index (χ0) is 19.8. The molecule has 0 spiro atoms. The Morgan fingerprint density at radius 3 is 2.59 bits per heavy atom. The van der Waals surface area contributed by atoms with Crippen molar-refractivity contribution >= 4 is 22.5 Å². The maximum Gasteiger partial charge on any atom is 0.256 e. The largest absolute Gasteiger partial charge is 0.454 e. The number of hydrogen-bond donors (Lipinski definition) is 1. The van der Waals surface area contributed by atoms with Crippen LogP contribution in [0.15, 0.2) is 72.8 Å². The zero-order valence-electron chi connectivity index (χ0n) is 15.2. The molecule has 1 amide bonds. The number of carbonyl (C=O) groups is 1. The number of nitrogens with one attached hydrogen (secondary N) is 1. The van der Waals surface area contributed by atoms with Crippen LogP contribution in [0.1, 0.15) is 10.4 Å². The van der Waals surface area contributed by atoms with E-state index >= 15 is 0 Å². The maximum atomic E-state index is 13.3. The first-order chi connectivity index (χ1) is 14.2. The van der Waals surface area contributed by atoms with E-state index in [2.05, 4.69) is 10.3 Å². The molecular weight excluding hydrogens is 371 g/mol. The van der Waals surface area contributed by atoms with Gasteiger partial charge in [0.05, 0.1) is 16.8 Å². The van der Waals surface area contributed by atoms with Crippen LogP contribution in [0.4, 0.5) is 10.1 Å². The van der Waals surface area contributed by atoms with Crippen LogP contribution >= 0.6 is 0 Å². The quantitative estimate of drug-likeness (QED) is 0.537. The number of fused-ring (bicyclic) bond motifs is 2. The number of rotatable bonds is 3. The van der Waals surface area contributed by atoms with E-state index in [4.69, 9.17) is 9.47 Å². The fourth-order valence-corrected chi connectivity index (χ4v) is 3.30. The number of benzene rings is 3. The lowest BCUT2D eigenvalue weighted by Gasteiger charge is -2.11. The molecule has 5 rings (SSSR count). The minimum absolute atomic E-state index is 0.169. The van der Waals surface area contributed by atoms with Gasteiger partial charge in [0.15, 0.2) is 11.5 Å². The summed E-state index contributed by atoms with van der Waals surface area (Å²) in [4.78, 5) is 17.7. The molecule has 4 aromatic rings. The summed E-state index contributed by atoms with van der Waals surface area (Å²) < 4.78 is 24.0. The molecule has 0 radical (unpaired) electrons. The summed E-state index contributed by atoms with van der Waals surface area (Å²) in [6.45, 7) is 0.169. The molecule has 0 unspecified atom stereocenters. The molecule has 0 aliphatic carbocycles. The van der Waals surface area contributed by atoms with Crippen molar-refractivity contribution in [3.8, 4) is 22.8 Å². The minimum atomic E-state index is -0.324. The Bertz CT molecular complexity index is 1240. The first-order valence-corrected chi connectivity index (χ1v) is 9.04. The highest BCUT2D eigenvalue weighted by molar-refractivity contribution is 6.13. The zero-order valence-corrected chi connectivity index (χ0v) is 15.2. The summed E-state index contributed by atoms with van der Waals surface area (Å²) in [6.07, 6.45) is 0. The van der Waals surface area contributed by atoms with Crippen molar-refractivity contribution in [2.24, 2.45) is 0 Å². The van der Waals surface area contributed by atoms with Gasteiger partial charge in [-0.2, -0.15) is 0 Å². The number of ether oxygens (including phenoxy) is 2. The topological polar surface area (TPSA) is 60.5 Å². The van der Waals surface area contributed by atoms with Crippen LogP contribution in [0.3, 0.4) is 0 Å². The third-order valence-corrected chi connectivity index (χ3v) is 4.73. The summed E-state index contributed by atoms with van der Waals surface area (Å²) >= 11 is 0. The van der Waals surface area contributed by atoms with Crippen LogP contribution in [-0.2, 0) is 0 Å². The molecule has 1 aliphatic heterocycles. The fraction of sp³-hybridized carbons (Fsp3) is 0.0435. The standard InChI is InChI=1S/C23H15FN2O3/c24-15-7-5-14(6-8-15)20-12-18(17-3-1-2-4-19(17)26-20)23(27)25-16-9-10-21-22(11-16)29-13-28-21/h1-12H,13H2,(H,25,27). The summed E-state index contributed by atoms with van der Waals surface area (Å²) in [5, 5.41) is 3.64. The second-order valence-corrected chi connectivity index (χ2v) is 6.60. The number of carbonyl (C=O) groups excluding carboxylic acids is 1. The Morgan fingerprint density at radius 2 is 1.72 bits per heavy atom. The molecule has 6 heteroatoms. The van der Waals surface area contributed by atoms with E-state index in [1.165, 1.54) is 12.1 Å². The number of nitrogens with zero attached hydrogens (tertiary/aromatic N) is 1. The van der Waals surface area contributed by atoms with Gasteiger partial charge in [-0.3, -0.25) is 4.79 Å². The maximum absolute atomic E-state index is 13.3. The minimum Gasteiger partial charge on any atom is -0.454 e. The normalized spacial score (nSPS) is 12.2. The van der Waals surface area contributed by atoms with E-state index in [1.54, 1.807) is 36.4 Å². The molecular formula is C23H15FN2O3. The molecule has 1 N–H and O–H groups in total. The van der Waals surface area contributed by atoms with Gasteiger partial charge in [0.1, 0.15) is 5.82 Å². The predicted octanol–water partition coefficient (Wildman–Crippen LogP) is 5.02. The number of aromatic nitrogens is 1. The number of pyridine rings is 1. The van der Waals surface area contributed by atoms with E-state index in [1.807, 2.05) is 24.3 Å². The van der Waals surface area contributed by atoms with Crippen molar-refractivity contribution in [2.75, 3.05) is 12.1 Å². The number of amides is 1. The highest BCUT2D eigenvalue weighted by atomic mass is 19.1. The number of hydrogen-bond acceptors (Lipinski definition) is 4. The van der Waals surface area contributed by atoms with Crippen molar-refractivity contribution in [1.82, 2.24) is 4.98 Å². The van der Waals surface area contributed by atoms with Gasteiger partial charge in [-0.1, -0.05) is 18.2 Å². The molecule has 0 bridgehead atoms. The molecule has 2 heterocycles. The highest BCUT2D eigenvalue weighted by Crippen LogP contribution is 2.34. The molecule has 0 fully saturated rings. The van der Waals surface area contributed by atoms with E-state index in [-0.39, 0.29) is 18.5 Å². The first-order valence-electron chi connectivity index (χ1n) is 9.04. The lowest BCUT2D eigenvalue weighted by Crippen LogP contribution is -2.13. The highest BCUT2D eigenvalue weighted by Gasteiger charge is 2.17. The smallest absolute Gasteiger partial charge is 0.256 e. The van der Waals surface area contributed by atoms with Crippen LogP contribution in [0.25, 0.3) is 22.2 Å². The SMILES string of the molecule is O=C(Nc1ccc2c(c1)OCO2)c1cc(-c2ccc(F)cc2)nc2ccccc12. The van der Waals surface area contributed by atoms with Crippen molar-refractivity contribution < 1.29 is 18.7 Å². The summed E-state index contributed by atoms with van der Waals surface area (Å²) in [5.74, 6) is 0.645. The van der Waals surface area contributed by atoms with Gasteiger partial charge in [-0.25, -0.2) is 9.37 Å². The summed E-state index contributed by atoms with van der Waals surface area (Å²) in [5.41, 5.74) is 3.09. The van der Waals surface area contributed by atoms with Crippen LogP contribution in [0, 0.1) is 5.82 Å². The average Bonchev–Trinajstić information content (AvgIpc) is 3.21. The van der Waals surface area contributed by atoms with Crippen LogP contribution in [0.2, 0.25) is 0 Å². The van der Waals surface area contributed by atoms with E-state index < -0.39 is 0 Å². The van der Waals surface area contributed by atoms with Gasteiger partial charge in [-0.15, -0.1) is 0 Å². The Morgan fingerprint density at radius 1 is 0.931 bits per heavy atom. The number of para-hydroxylation sites is 1. The van der Waals surface area contributed by atoms with Crippen LogP contribution in [-0.4, -0.2) is 17.7 Å². The number of halogens is 1. The molecule has 0 saturated heterocycles. The van der Waals surface area contributed by atoms with Gasteiger partial charge in [0, 0.05) is 22.7 Å². The third-order valence-electron chi connectivity index (χ3n) is 4.73.